The van der Waals surface area contributed by atoms with Gasteiger partial charge in [0.05, 0.1) is 23.3 Å². The number of benzene rings is 2. The smallest absolute Gasteiger partial charge is 0.328 e. The summed E-state index contributed by atoms with van der Waals surface area (Å²) in [6.45, 7) is 10.5. The molecule has 3 aliphatic heterocycles. The molecule has 2 atom stereocenters. The normalized spacial score (nSPS) is 22.8. The van der Waals surface area contributed by atoms with Crippen LogP contribution in [0.2, 0.25) is 0 Å². The van der Waals surface area contributed by atoms with Crippen molar-refractivity contribution in [1.29, 1.82) is 0 Å². The minimum Gasteiger partial charge on any atom is -0.478 e. The van der Waals surface area contributed by atoms with E-state index < -0.39 is 21.8 Å². The number of rotatable bonds is 8. The number of nitrogens with zero attached hydrogens (tertiary/aromatic N) is 4. The summed E-state index contributed by atoms with van der Waals surface area (Å²) in [4.78, 5) is 24.0. The summed E-state index contributed by atoms with van der Waals surface area (Å²) in [7, 11) is -1.04. The van der Waals surface area contributed by atoms with Gasteiger partial charge in [-0.05, 0) is 67.8 Å². The van der Waals surface area contributed by atoms with Crippen molar-refractivity contribution in [3.05, 3.63) is 88.5 Å². The minimum atomic E-state index is -3.23. The van der Waals surface area contributed by atoms with E-state index in [1.54, 1.807) is 0 Å². The van der Waals surface area contributed by atoms with Crippen LogP contribution in [0.4, 0.5) is 0 Å². The summed E-state index contributed by atoms with van der Waals surface area (Å²) in [5, 5.41) is 23.0. The molecule has 2 saturated heterocycles. The van der Waals surface area contributed by atoms with Crippen LogP contribution in [0.3, 0.4) is 0 Å². The van der Waals surface area contributed by atoms with Gasteiger partial charge in [0.15, 0.2) is 9.84 Å². The topological polar surface area (TPSA) is 131 Å². The highest BCUT2D eigenvalue weighted by Crippen LogP contribution is 2.42. The Balaban J connectivity index is 0.000000488. The first-order valence-corrected chi connectivity index (χ1v) is 16.7. The molecule has 236 valence electrons. The van der Waals surface area contributed by atoms with Crippen LogP contribution in [0.25, 0.3) is 6.08 Å². The predicted octanol–water partition coefficient (Wildman–Crippen LogP) is 3.49. The lowest BCUT2D eigenvalue weighted by Gasteiger charge is -2.34. The number of likely N-dealkylation sites (N-methyl/N-ethyl adjacent to an activating group) is 1. The lowest BCUT2D eigenvalue weighted by molar-refractivity contribution is -0.134. The number of carbonyl (C=O) groups is 2. The van der Waals surface area contributed by atoms with Gasteiger partial charge in [0.2, 0.25) is 0 Å². The quantitative estimate of drug-likeness (QED) is 0.425. The standard InChI is InChI=1S/C29H38N4O2S.C4H4O4/c1-22-9-4-6-11-24(22)19-25-20-36(34,35)21-27-28(25)30-33(29(27)26-12-7-5-10-23(26)2)14-8-13-32-17-15-31(3)16-18-32;5-3(6)1-2-4(7)8/h4-7,9-12,19,27,29H,8,13-18,20-21H2,1-3H3;1-2H,(H,5,6)(H,7,8)/b25-19+;2-1-. The van der Waals surface area contributed by atoms with Gasteiger partial charge in [-0.2, -0.15) is 5.10 Å². The molecule has 2 N–H and O–H groups in total. The van der Waals surface area contributed by atoms with Gasteiger partial charge in [-0.15, -0.1) is 0 Å². The molecular weight excluding hydrogens is 580 g/mol. The molecule has 10 nitrogen and oxygen atoms in total. The molecule has 0 saturated carbocycles. The Morgan fingerprint density at radius 2 is 1.52 bits per heavy atom. The molecule has 2 fully saturated rings. The van der Waals surface area contributed by atoms with Crippen LogP contribution in [0, 0.1) is 19.8 Å². The number of aryl methyl sites for hydroxylation is 2. The molecule has 2 unspecified atom stereocenters. The summed E-state index contributed by atoms with van der Waals surface area (Å²) in [6.07, 6.45) is 4.18. The maximum Gasteiger partial charge on any atom is 0.328 e. The number of fused-ring (bicyclic) bond motifs is 1. The molecule has 0 aliphatic carbocycles. The highest BCUT2D eigenvalue weighted by molar-refractivity contribution is 7.91. The zero-order valence-electron chi connectivity index (χ0n) is 25.6. The number of carboxylic acids is 2. The average Bonchev–Trinajstić information content (AvgIpc) is 3.31. The molecule has 3 heterocycles. The number of hydrogen-bond donors (Lipinski definition) is 2. The second kappa shape index (κ2) is 14.8. The summed E-state index contributed by atoms with van der Waals surface area (Å²) in [5.41, 5.74) is 6.39. The highest BCUT2D eigenvalue weighted by atomic mass is 32.2. The number of piperazine rings is 1. The predicted molar refractivity (Wildman–Crippen MR) is 172 cm³/mol. The van der Waals surface area contributed by atoms with Crippen molar-refractivity contribution in [2.75, 3.05) is 57.8 Å². The SMILES string of the molecule is Cc1ccccc1/C=C1\CS(=O)(=O)CC2C1=NN(CCCN1CCN(C)CC1)C2c1ccccc1C.O=C(O)/C=C\C(=O)O. The van der Waals surface area contributed by atoms with Crippen molar-refractivity contribution in [1.82, 2.24) is 14.8 Å². The Kier molecular flexibility index (Phi) is 11.1. The Labute approximate surface area is 259 Å². The number of hydrazone groups is 1. The molecular formula is C33H42N4O6S. The third-order valence-electron chi connectivity index (χ3n) is 8.28. The lowest BCUT2D eigenvalue weighted by atomic mass is 9.86. The van der Waals surface area contributed by atoms with Crippen molar-refractivity contribution >= 4 is 33.6 Å². The molecule has 5 rings (SSSR count). The second-order valence-electron chi connectivity index (χ2n) is 11.6. The van der Waals surface area contributed by atoms with E-state index in [1.807, 2.05) is 18.2 Å². The Bertz CT molecular complexity index is 1530. The minimum absolute atomic E-state index is 0.0518. The van der Waals surface area contributed by atoms with Crippen LogP contribution in [0.15, 0.2) is 71.4 Å². The van der Waals surface area contributed by atoms with Crippen LogP contribution in [-0.2, 0) is 19.4 Å². The zero-order chi connectivity index (χ0) is 31.9. The maximum atomic E-state index is 13.2. The second-order valence-corrected chi connectivity index (χ2v) is 13.8. The maximum absolute atomic E-state index is 13.2. The van der Waals surface area contributed by atoms with E-state index in [-0.39, 0.29) is 23.5 Å². The first kappa shape index (κ1) is 33.1. The fourth-order valence-corrected chi connectivity index (χ4v) is 7.67. The Morgan fingerprint density at radius 3 is 2.14 bits per heavy atom. The molecule has 11 heteroatoms. The fraction of sp³-hybridized carbons (Fsp3) is 0.424. The van der Waals surface area contributed by atoms with E-state index in [0.717, 1.165) is 68.1 Å². The molecule has 2 aromatic rings. The lowest BCUT2D eigenvalue weighted by Crippen LogP contribution is -2.45. The van der Waals surface area contributed by atoms with Gasteiger partial charge in [0.1, 0.15) is 0 Å². The summed E-state index contributed by atoms with van der Waals surface area (Å²) in [6, 6.07) is 16.5. The third kappa shape index (κ3) is 8.87. The summed E-state index contributed by atoms with van der Waals surface area (Å²) < 4.78 is 26.3. The van der Waals surface area contributed by atoms with E-state index in [0.29, 0.717) is 12.2 Å². The van der Waals surface area contributed by atoms with Gasteiger partial charge in [-0.1, -0.05) is 48.5 Å². The van der Waals surface area contributed by atoms with Gasteiger partial charge in [-0.25, -0.2) is 18.0 Å². The van der Waals surface area contributed by atoms with Crippen molar-refractivity contribution in [2.45, 2.75) is 26.3 Å². The molecule has 0 bridgehead atoms. The number of sulfone groups is 1. The number of aliphatic carboxylic acids is 2. The van der Waals surface area contributed by atoms with Crippen molar-refractivity contribution in [2.24, 2.45) is 11.0 Å². The number of carboxylic acid groups (broad SMARTS) is 2. The first-order chi connectivity index (χ1) is 20.9. The molecule has 0 radical (unpaired) electrons. The highest BCUT2D eigenvalue weighted by Gasteiger charge is 2.46. The molecule has 3 aliphatic rings. The van der Waals surface area contributed by atoms with Gasteiger partial charge in [0, 0.05) is 50.8 Å². The molecule has 0 spiro atoms. The molecule has 44 heavy (non-hydrogen) atoms. The van der Waals surface area contributed by atoms with Crippen LogP contribution in [0.1, 0.15) is 34.7 Å². The van der Waals surface area contributed by atoms with E-state index in [9.17, 15) is 18.0 Å². The van der Waals surface area contributed by atoms with Gasteiger partial charge < -0.3 is 20.0 Å². The third-order valence-corrected chi connectivity index (χ3v) is 9.90. The van der Waals surface area contributed by atoms with E-state index in [1.165, 1.54) is 11.1 Å². The van der Waals surface area contributed by atoms with Gasteiger partial charge in [0.25, 0.3) is 0 Å². The van der Waals surface area contributed by atoms with E-state index in [2.05, 4.69) is 72.1 Å². The van der Waals surface area contributed by atoms with E-state index >= 15 is 0 Å². The zero-order valence-corrected chi connectivity index (χ0v) is 26.4. The van der Waals surface area contributed by atoms with Gasteiger partial charge >= 0.3 is 11.9 Å². The molecule has 0 amide bonds. The first-order valence-electron chi connectivity index (χ1n) is 14.9. The summed E-state index contributed by atoms with van der Waals surface area (Å²) >= 11 is 0. The molecule has 0 aromatic heterocycles. The van der Waals surface area contributed by atoms with Crippen LogP contribution in [-0.4, -0.2) is 109 Å². The summed E-state index contributed by atoms with van der Waals surface area (Å²) in [5.74, 6) is -2.44. The Morgan fingerprint density at radius 1 is 0.909 bits per heavy atom. The van der Waals surface area contributed by atoms with Crippen molar-refractivity contribution < 1.29 is 28.2 Å². The average molecular weight is 623 g/mol. The molecule has 2 aromatic carbocycles. The van der Waals surface area contributed by atoms with Gasteiger partial charge in [-0.3, -0.25) is 5.01 Å². The van der Waals surface area contributed by atoms with E-state index in [4.69, 9.17) is 15.3 Å². The van der Waals surface area contributed by atoms with Crippen LogP contribution < -0.4 is 0 Å². The van der Waals surface area contributed by atoms with Crippen molar-refractivity contribution in [3.63, 3.8) is 0 Å². The Hall–Kier alpha value is -3.80. The largest absolute Gasteiger partial charge is 0.478 e. The monoisotopic (exact) mass is 622 g/mol. The fourth-order valence-electron chi connectivity index (χ4n) is 5.96. The number of hydrogen-bond acceptors (Lipinski definition) is 8. The van der Waals surface area contributed by atoms with Crippen LogP contribution >= 0.6 is 0 Å². The van der Waals surface area contributed by atoms with Crippen molar-refractivity contribution in [3.8, 4) is 0 Å². The van der Waals surface area contributed by atoms with Crippen LogP contribution in [0.5, 0.6) is 0 Å².